The lowest BCUT2D eigenvalue weighted by Gasteiger charge is -2.32. The van der Waals surface area contributed by atoms with Crippen molar-refractivity contribution < 1.29 is 9.50 Å². The number of halogens is 2. The van der Waals surface area contributed by atoms with Crippen LogP contribution in [0, 0.1) is 0 Å². The van der Waals surface area contributed by atoms with Crippen molar-refractivity contribution in [1.82, 2.24) is 5.32 Å². The van der Waals surface area contributed by atoms with E-state index in [1.54, 1.807) is 0 Å². The van der Waals surface area contributed by atoms with E-state index in [1.165, 1.54) is 6.92 Å². The molecule has 2 N–H and O–H groups in total. The molecule has 0 bridgehead atoms. The summed E-state index contributed by atoms with van der Waals surface area (Å²) in [5.74, 6) is 0. The van der Waals surface area contributed by atoms with Gasteiger partial charge in [-0.25, -0.2) is 4.39 Å². The monoisotopic (exact) mass is 169 g/mol. The largest absolute Gasteiger partial charge is 0.386 e. The molecule has 0 saturated carbocycles. The molecule has 1 saturated heterocycles. The second-order valence-corrected chi connectivity index (χ2v) is 2.79. The van der Waals surface area contributed by atoms with Gasteiger partial charge in [-0.1, -0.05) is 0 Å². The molecule has 1 rings (SSSR count). The zero-order valence-corrected chi connectivity index (χ0v) is 6.75. The van der Waals surface area contributed by atoms with Crippen LogP contribution in [-0.4, -0.2) is 30.0 Å². The fourth-order valence-corrected chi connectivity index (χ4v) is 0.992. The Morgan fingerprint density at radius 3 is 2.60 bits per heavy atom. The molecule has 62 valence electrons. The van der Waals surface area contributed by atoms with E-state index in [2.05, 4.69) is 5.32 Å². The quantitative estimate of drug-likeness (QED) is 0.553. The minimum atomic E-state index is -1.14. The van der Waals surface area contributed by atoms with Crippen LogP contribution < -0.4 is 5.32 Å². The highest BCUT2D eigenvalue weighted by atomic mass is 35.5. The Balaban J connectivity index is 0.000000810. The van der Waals surface area contributed by atoms with Crippen molar-refractivity contribution >= 4 is 12.4 Å². The Morgan fingerprint density at radius 2 is 2.30 bits per heavy atom. The van der Waals surface area contributed by atoms with Crippen molar-refractivity contribution in [2.45, 2.75) is 25.1 Å². The minimum Gasteiger partial charge on any atom is -0.386 e. The molecule has 1 aliphatic rings. The Hall–Kier alpha value is 0.140. The number of nitrogens with one attached hydrogen (secondary N) is 1. The average molecular weight is 170 g/mol. The Morgan fingerprint density at radius 1 is 1.70 bits per heavy atom. The van der Waals surface area contributed by atoms with Crippen molar-refractivity contribution in [3.8, 4) is 0 Å². The zero-order chi connectivity index (χ0) is 6.91. The van der Waals surface area contributed by atoms with Gasteiger partial charge in [0.05, 0.1) is 0 Å². The summed E-state index contributed by atoms with van der Waals surface area (Å²) in [5, 5.41) is 12.1. The van der Waals surface area contributed by atoms with Crippen molar-refractivity contribution in [3.05, 3.63) is 0 Å². The maximum absolute atomic E-state index is 12.7. The SMILES string of the molecule is C[C@@]1(O)CNCCC1F.Cl. The molecule has 0 aliphatic carbocycles. The fraction of sp³-hybridized carbons (Fsp3) is 1.00. The second-order valence-electron chi connectivity index (χ2n) is 2.79. The predicted octanol–water partition coefficient (Wildman–Crippen LogP) is 0.491. The van der Waals surface area contributed by atoms with Crippen molar-refractivity contribution in [1.29, 1.82) is 0 Å². The molecule has 0 spiro atoms. The van der Waals surface area contributed by atoms with E-state index in [1.807, 2.05) is 0 Å². The topological polar surface area (TPSA) is 32.3 Å². The first-order valence-corrected chi connectivity index (χ1v) is 3.20. The standard InChI is InChI=1S/C6H12FNO.ClH/c1-6(9)4-8-3-2-5(6)7;/h5,8-9H,2-4H2,1H3;1H/t5?,6-;/m1./s1. The van der Waals surface area contributed by atoms with Crippen LogP contribution in [-0.2, 0) is 0 Å². The zero-order valence-electron chi connectivity index (χ0n) is 5.93. The molecule has 1 unspecified atom stereocenters. The molecular formula is C6H13ClFNO. The third-order valence-electron chi connectivity index (χ3n) is 1.73. The fourth-order valence-electron chi connectivity index (χ4n) is 0.992. The molecule has 0 aromatic rings. The summed E-state index contributed by atoms with van der Waals surface area (Å²) < 4.78 is 12.7. The highest BCUT2D eigenvalue weighted by Crippen LogP contribution is 2.18. The molecule has 1 fully saturated rings. The van der Waals surface area contributed by atoms with E-state index in [0.29, 0.717) is 19.5 Å². The maximum Gasteiger partial charge on any atom is 0.131 e. The van der Waals surface area contributed by atoms with Crippen LogP contribution in [0.25, 0.3) is 0 Å². The summed E-state index contributed by atoms with van der Waals surface area (Å²) in [4.78, 5) is 0. The highest BCUT2D eigenvalue weighted by molar-refractivity contribution is 5.85. The lowest BCUT2D eigenvalue weighted by molar-refractivity contribution is -0.0360. The third-order valence-corrected chi connectivity index (χ3v) is 1.73. The lowest BCUT2D eigenvalue weighted by Crippen LogP contribution is -2.51. The molecular weight excluding hydrogens is 157 g/mol. The van der Waals surface area contributed by atoms with Crippen molar-refractivity contribution in [2.75, 3.05) is 13.1 Å². The van der Waals surface area contributed by atoms with Crippen molar-refractivity contribution in [3.63, 3.8) is 0 Å². The maximum atomic E-state index is 12.7. The second kappa shape index (κ2) is 3.51. The van der Waals surface area contributed by atoms with Crippen LogP contribution in [0.1, 0.15) is 13.3 Å². The van der Waals surface area contributed by atoms with E-state index < -0.39 is 11.8 Å². The molecule has 2 nitrogen and oxygen atoms in total. The van der Waals surface area contributed by atoms with Crippen LogP contribution in [0.2, 0.25) is 0 Å². The molecule has 0 aromatic heterocycles. The first kappa shape index (κ1) is 10.1. The summed E-state index contributed by atoms with van der Waals surface area (Å²) in [6.07, 6.45) is -0.633. The molecule has 2 atom stereocenters. The van der Waals surface area contributed by atoms with Crippen LogP contribution >= 0.6 is 12.4 Å². The number of β-amino-alcohol motifs (C(OH)–C–C–N with tert-alkyl or cyclic N) is 1. The smallest absolute Gasteiger partial charge is 0.131 e. The van der Waals surface area contributed by atoms with E-state index in [0.717, 1.165) is 0 Å². The number of hydrogen-bond acceptors (Lipinski definition) is 2. The molecule has 1 heterocycles. The summed E-state index contributed by atoms with van der Waals surface area (Å²) in [6.45, 7) is 2.56. The van der Waals surface area contributed by atoms with Crippen LogP contribution in [0.5, 0.6) is 0 Å². The minimum absolute atomic E-state index is 0. The Kier molecular flexibility index (Phi) is 3.56. The normalized spacial score (nSPS) is 40.5. The number of hydrogen-bond donors (Lipinski definition) is 2. The van der Waals surface area contributed by atoms with Crippen molar-refractivity contribution in [2.24, 2.45) is 0 Å². The van der Waals surface area contributed by atoms with E-state index >= 15 is 0 Å². The van der Waals surface area contributed by atoms with E-state index in [9.17, 15) is 9.50 Å². The van der Waals surface area contributed by atoms with Crippen LogP contribution in [0.4, 0.5) is 4.39 Å². The van der Waals surface area contributed by atoms with Gasteiger partial charge < -0.3 is 10.4 Å². The molecule has 10 heavy (non-hydrogen) atoms. The summed E-state index contributed by atoms with van der Waals surface area (Å²) in [6, 6.07) is 0. The summed E-state index contributed by atoms with van der Waals surface area (Å²) in [5.41, 5.74) is -1.14. The summed E-state index contributed by atoms with van der Waals surface area (Å²) in [7, 11) is 0. The van der Waals surface area contributed by atoms with Gasteiger partial charge in [0.1, 0.15) is 11.8 Å². The van der Waals surface area contributed by atoms with Gasteiger partial charge in [-0.15, -0.1) is 12.4 Å². The van der Waals surface area contributed by atoms with Gasteiger partial charge in [0.2, 0.25) is 0 Å². The summed E-state index contributed by atoms with van der Waals surface area (Å²) >= 11 is 0. The highest BCUT2D eigenvalue weighted by Gasteiger charge is 2.34. The van der Waals surface area contributed by atoms with Crippen LogP contribution in [0.3, 0.4) is 0 Å². The van der Waals surface area contributed by atoms with Gasteiger partial charge in [-0.05, 0) is 19.9 Å². The molecule has 4 heteroatoms. The molecule has 1 aliphatic heterocycles. The first-order chi connectivity index (χ1) is 4.13. The van der Waals surface area contributed by atoms with E-state index in [-0.39, 0.29) is 12.4 Å². The van der Waals surface area contributed by atoms with Gasteiger partial charge in [0.15, 0.2) is 0 Å². The average Bonchev–Trinajstić information content (AvgIpc) is 1.77. The number of alkyl halides is 1. The predicted molar refractivity (Wildman–Crippen MR) is 40.3 cm³/mol. The van der Waals surface area contributed by atoms with Crippen LogP contribution in [0.15, 0.2) is 0 Å². The number of piperidine rings is 1. The third kappa shape index (κ3) is 2.08. The molecule has 0 amide bonds. The molecule has 0 aromatic carbocycles. The van der Waals surface area contributed by atoms with Gasteiger partial charge in [-0.3, -0.25) is 0 Å². The number of rotatable bonds is 0. The van der Waals surface area contributed by atoms with Gasteiger partial charge in [0.25, 0.3) is 0 Å². The number of aliphatic hydroxyl groups is 1. The van der Waals surface area contributed by atoms with Gasteiger partial charge in [0, 0.05) is 6.54 Å². The van der Waals surface area contributed by atoms with Gasteiger partial charge >= 0.3 is 0 Å². The van der Waals surface area contributed by atoms with E-state index in [4.69, 9.17) is 0 Å². The first-order valence-electron chi connectivity index (χ1n) is 3.20. The Bertz CT molecular complexity index is 110. The Labute approximate surface area is 66.2 Å². The lowest BCUT2D eigenvalue weighted by atomic mass is 9.95. The van der Waals surface area contributed by atoms with Gasteiger partial charge in [-0.2, -0.15) is 0 Å². The molecule has 0 radical (unpaired) electrons.